The van der Waals surface area contributed by atoms with Crippen molar-refractivity contribution in [3.63, 3.8) is 0 Å². The molecule has 1 aliphatic rings. The summed E-state index contributed by atoms with van der Waals surface area (Å²) in [5, 5.41) is 10.6. The molecular formula is C20H21ClN4S. The van der Waals surface area contributed by atoms with Gasteiger partial charge in [-0.15, -0.1) is 10.2 Å². The lowest BCUT2D eigenvalue weighted by Gasteiger charge is -2.20. The van der Waals surface area contributed by atoms with Crippen LogP contribution in [0.2, 0.25) is 5.02 Å². The molecule has 0 unspecified atom stereocenters. The number of pyridine rings is 1. The molecule has 0 radical (unpaired) electrons. The highest BCUT2D eigenvalue weighted by Crippen LogP contribution is 2.32. The maximum Gasteiger partial charge on any atom is 0.196 e. The fourth-order valence-corrected chi connectivity index (χ4v) is 4.68. The van der Waals surface area contributed by atoms with Crippen LogP contribution in [0.4, 0.5) is 0 Å². The van der Waals surface area contributed by atoms with Crippen molar-refractivity contribution in [3.8, 4) is 17.1 Å². The van der Waals surface area contributed by atoms with Crippen molar-refractivity contribution in [1.29, 1.82) is 0 Å². The molecule has 134 valence electrons. The molecule has 26 heavy (non-hydrogen) atoms. The minimum absolute atomic E-state index is 0.726. The van der Waals surface area contributed by atoms with Crippen LogP contribution in [0.15, 0.2) is 53.9 Å². The summed E-state index contributed by atoms with van der Waals surface area (Å²) in [5.74, 6) is 2.72. The van der Waals surface area contributed by atoms with Gasteiger partial charge in [0.15, 0.2) is 11.0 Å². The second-order valence-corrected chi connectivity index (χ2v) is 8.09. The summed E-state index contributed by atoms with van der Waals surface area (Å²) in [5.41, 5.74) is 2.03. The number of nitrogens with zero attached hydrogens (tertiary/aromatic N) is 4. The fourth-order valence-electron chi connectivity index (χ4n) is 3.42. The Morgan fingerprint density at radius 1 is 0.962 bits per heavy atom. The number of hydrogen-bond donors (Lipinski definition) is 0. The van der Waals surface area contributed by atoms with E-state index in [4.69, 9.17) is 11.6 Å². The predicted molar refractivity (Wildman–Crippen MR) is 107 cm³/mol. The molecule has 0 N–H and O–H groups in total. The second-order valence-electron chi connectivity index (χ2n) is 6.67. The van der Waals surface area contributed by atoms with Crippen LogP contribution < -0.4 is 0 Å². The number of halogens is 1. The van der Waals surface area contributed by atoms with Crippen LogP contribution >= 0.6 is 23.4 Å². The van der Waals surface area contributed by atoms with Crippen molar-refractivity contribution in [3.05, 3.63) is 53.8 Å². The van der Waals surface area contributed by atoms with Gasteiger partial charge in [0, 0.05) is 34.4 Å². The lowest BCUT2D eigenvalue weighted by molar-refractivity contribution is 0.390. The first-order chi connectivity index (χ1) is 12.8. The highest BCUT2D eigenvalue weighted by Gasteiger charge is 2.19. The van der Waals surface area contributed by atoms with Gasteiger partial charge in [0.05, 0.1) is 0 Å². The Bertz CT molecular complexity index is 842. The van der Waals surface area contributed by atoms with Gasteiger partial charge >= 0.3 is 0 Å². The first kappa shape index (κ1) is 17.6. The van der Waals surface area contributed by atoms with Crippen LogP contribution in [-0.4, -0.2) is 25.5 Å². The van der Waals surface area contributed by atoms with Crippen molar-refractivity contribution in [1.82, 2.24) is 19.7 Å². The maximum atomic E-state index is 6.08. The van der Waals surface area contributed by atoms with E-state index in [9.17, 15) is 0 Å². The number of thioether (sulfide) groups is 1. The van der Waals surface area contributed by atoms with Crippen molar-refractivity contribution < 1.29 is 0 Å². The van der Waals surface area contributed by atoms with Crippen molar-refractivity contribution in [2.24, 2.45) is 5.92 Å². The number of rotatable bonds is 5. The molecule has 1 saturated carbocycles. The van der Waals surface area contributed by atoms with Gasteiger partial charge in [0.1, 0.15) is 0 Å². The van der Waals surface area contributed by atoms with E-state index in [1.165, 1.54) is 32.1 Å². The van der Waals surface area contributed by atoms with Gasteiger partial charge in [-0.05, 0) is 55.2 Å². The van der Waals surface area contributed by atoms with Crippen LogP contribution in [-0.2, 0) is 0 Å². The lowest BCUT2D eigenvalue weighted by Crippen LogP contribution is -2.09. The largest absolute Gasteiger partial charge is 0.270 e. The SMILES string of the molecule is Clc1ccc(-n2c(SCC3CCCCC3)nnc2-c2ccncc2)cc1. The zero-order valence-corrected chi connectivity index (χ0v) is 16.1. The smallest absolute Gasteiger partial charge is 0.196 e. The average Bonchev–Trinajstić information content (AvgIpc) is 3.12. The summed E-state index contributed by atoms with van der Waals surface area (Å²) in [7, 11) is 0. The van der Waals surface area contributed by atoms with E-state index in [1.54, 1.807) is 12.4 Å². The molecule has 6 heteroatoms. The van der Waals surface area contributed by atoms with Gasteiger partial charge in [0.2, 0.25) is 0 Å². The molecule has 0 spiro atoms. The van der Waals surface area contributed by atoms with Crippen LogP contribution in [0.1, 0.15) is 32.1 Å². The van der Waals surface area contributed by atoms with Gasteiger partial charge in [-0.1, -0.05) is 42.6 Å². The Morgan fingerprint density at radius 3 is 2.42 bits per heavy atom. The molecule has 1 aromatic carbocycles. The van der Waals surface area contributed by atoms with Gasteiger partial charge in [-0.2, -0.15) is 0 Å². The molecule has 0 saturated heterocycles. The zero-order chi connectivity index (χ0) is 17.8. The van der Waals surface area contributed by atoms with Crippen LogP contribution in [0, 0.1) is 5.92 Å². The molecule has 2 heterocycles. The molecule has 3 aromatic rings. The lowest BCUT2D eigenvalue weighted by atomic mass is 9.91. The summed E-state index contributed by atoms with van der Waals surface area (Å²) in [6, 6.07) is 11.8. The van der Waals surface area contributed by atoms with E-state index in [-0.39, 0.29) is 0 Å². The summed E-state index contributed by atoms with van der Waals surface area (Å²) in [6.07, 6.45) is 10.3. The molecule has 0 amide bonds. The molecule has 2 aromatic heterocycles. The number of aromatic nitrogens is 4. The minimum Gasteiger partial charge on any atom is -0.270 e. The topological polar surface area (TPSA) is 43.6 Å². The fraction of sp³-hybridized carbons (Fsp3) is 0.350. The second kappa shape index (κ2) is 8.23. The van der Waals surface area contributed by atoms with E-state index in [1.807, 2.05) is 48.2 Å². The Kier molecular flexibility index (Phi) is 5.56. The van der Waals surface area contributed by atoms with E-state index >= 15 is 0 Å². The highest BCUT2D eigenvalue weighted by molar-refractivity contribution is 7.99. The van der Waals surface area contributed by atoms with Crippen molar-refractivity contribution >= 4 is 23.4 Å². The molecule has 0 atom stereocenters. The van der Waals surface area contributed by atoms with E-state index in [2.05, 4.69) is 19.7 Å². The number of benzene rings is 1. The van der Waals surface area contributed by atoms with E-state index < -0.39 is 0 Å². The third kappa shape index (κ3) is 3.94. The van der Waals surface area contributed by atoms with Crippen molar-refractivity contribution in [2.75, 3.05) is 5.75 Å². The van der Waals surface area contributed by atoms with Gasteiger partial charge in [-0.3, -0.25) is 9.55 Å². The molecule has 4 rings (SSSR count). The maximum absolute atomic E-state index is 6.08. The molecule has 1 aliphatic carbocycles. The van der Waals surface area contributed by atoms with Crippen LogP contribution in [0.3, 0.4) is 0 Å². The standard InChI is InChI=1S/C20H21ClN4S/c21-17-6-8-18(9-7-17)25-19(16-10-12-22-13-11-16)23-24-20(25)26-14-15-4-2-1-3-5-15/h6-13,15H,1-5,14H2. The van der Waals surface area contributed by atoms with Crippen LogP contribution in [0.5, 0.6) is 0 Å². The molecular weight excluding hydrogens is 364 g/mol. The molecule has 1 fully saturated rings. The first-order valence-electron chi connectivity index (χ1n) is 9.06. The minimum atomic E-state index is 0.726. The molecule has 0 aliphatic heterocycles. The summed E-state index contributed by atoms with van der Waals surface area (Å²) in [6.45, 7) is 0. The highest BCUT2D eigenvalue weighted by atomic mass is 35.5. The van der Waals surface area contributed by atoms with E-state index in [0.717, 1.165) is 38.9 Å². The number of hydrogen-bond acceptors (Lipinski definition) is 4. The monoisotopic (exact) mass is 384 g/mol. The van der Waals surface area contributed by atoms with Gasteiger partial charge in [-0.25, -0.2) is 0 Å². The Labute approximate surface area is 163 Å². The van der Waals surface area contributed by atoms with Gasteiger partial charge in [0.25, 0.3) is 0 Å². The normalized spacial score (nSPS) is 15.3. The molecule has 4 nitrogen and oxygen atoms in total. The quantitative estimate of drug-likeness (QED) is 0.532. The summed E-state index contributed by atoms with van der Waals surface area (Å²) < 4.78 is 2.12. The Morgan fingerprint density at radius 2 is 1.69 bits per heavy atom. The van der Waals surface area contributed by atoms with Crippen molar-refractivity contribution in [2.45, 2.75) is 37.3 Å². The summed E-state index contributed by atoms with van der Waals surface area (Å²) in [4.78, 5) is 4.11. The van der Waals surface area contributed by atoms with Gasteiger partial charge < -0.3 is 0 Å². The first-order valence-corrected chi connectivity index (χ1v) is 10.4. The Hall–Kier alpha value is -1.85. The Balaban J connectivity index is 1.67. The zero-order valence-electron chi connectivity index (χ0n) is 14.5. The average molecular weight is 385 g/mol. The third-order valence-corrected chi connectivity index (χ3v) is 6.24. The third-order valence-electron chi connectivity index (χ3n) is 4.83. The van der Waals surface area contributed by atoms with Crippen LogP contribution in [0.25, 0.3) is 17.1 Å². The predicted octanol–water partition coefficient (Wildman–Crippen LogP) is 5.66. The summed E-state index contributed by atoms with van der Waals surface area (Å²) >= 11 is 7.89. The molecule has 0 bridgehead atoms. The van der Waals surface area contributed by atoms with E-state index in [0.29, 0.717) is 0 Å².